The fourth-order valence-electron chi connectivity index (χ4n) is 9.37. The second-order valence-corrected chi connectivity index (χ2v) is 13.0. The number of rotatable bonds is 5. The molecule has 4 aromatic rings. The Balaban J connectivity index is 1.20. The molecule has 0 aromatic heterocycles. The highest BCUT2D eigenvalue weighted by atomic mass is 15.1. The van der Waals surface area contributed by atoms with Crippen molar-refractivity contribution >= 4 is 27.8 Å². The normalized spacial score (nSPS) is 28.3. The van der Waals surface area contributed by atoms with E-state index in [9.17, 15) is 0 Å². The van der Waals surface area contributed by atoms with Gasteiger partial charge in [-0.05, 0) is 121 Å². The Bertz CT molecular complexity index is 1420. The SMILES string of the molecule is c1ccc2c(N(c3ccc(C4CCCCC4)cc3)c3ccc(C45CC6CC(CC4C6)C5)cc3)cccc2c1. The molecule has 5 saturated carbocycles. The van der Waals surface area contributed by atoms with Crippen molar-refractivity contribution in [2.45, 2.75) is 75.5 Å². The van der Waals surface area contributed by atoms with Crippen LogP contribution in [0.3, 0.4) is 0 Å². The molecule has 5 aliphatic rings. The van der Waals surface area contributed by atoms with Gasteiger partial charge in [0.15, 0.2) is 0 Å². The zero-order valence-corrected chi connectivity index (χ0v) is 22.5. The third-order valence-corrected chi connectivity index (χ3v) is 10.9. The van der Waals surface area contributed by atoms with E-state index in [0.29, 0.717) is 5.41 Å². The Morgan fingerprint density at radius 3 is 2.00 bits per heavy atom. The smallest absolute Gasteiger partial charge is 0.0540 e. The second-order valence-electron chi connectivity index (χ2n) is 13.0. The summed E-state index contributed by atoms with van der Waals surface area (Å²) in [4.78, 5) is 2.49. The van der Waals surface area contributed by atoms with Crippen LogP contribution in [0, 0.1) is 17.8 Å². The van der Waals surface area contributed by atoms with Crippen LogP contribution in [0.15, 0.2) is 91.0 Å². The van der Waals surface area contributed by atoms with Crippen molar-refractivity contribution in [1.82, 2.24) is 0 Å². The molecule has 1 heteroatoms. The molecule has 1 nitrogen and oxygen atoms in total. The zero-order valence-electron chi connectivity index (χ0n) is 22.5. The lowest BCUT2D eigenvalue weighted by atomic mass is 9.71. The lowest BCUT2D eigenvalue weighted by molar-refractivity contribution is 0.266. The van der Waals surface area contributed by atoms with Gasteiger partial charge < -0.3 is 4.90 Å². The highest BCUT2D eigenvalue weighted by Crippen LogP contribution is 2.66. The van der Waals surface area contributed by atoms with Crippen LogP contribution in [0.2, 0.25) is 0 Å². The Morgan fingerprint density at radius 2 is 1.26 bits per heavy atom. The lowest BCUT2D eigenvalue weighted by Gasteiger charge is -2.34. The van der Waals surface area contributed by atoms with E-state index in [1.807, 2.05) is 0 Å². The van der Waals surface area contributed by atoms with Gasteiger partial charge in [0.05, 0.1) is 5.69 Å². The third kappa shape index (κ3) is 3.65. The summed E-state index contributed by atoms with van der Waals surface area (Å²) in [7, 11) is 0. The van der Waals surface area contributed by atoms with Gasteiger partial charge in [0.25, 0.3) is 0 Å². The van der Waals surface area contributed by atoms with Gasteiger partial charge in [-0.15, -0.1) is 0 Å². The molecule has 2 unspecified atom stereocenters. The van der Waals surface area contributed by atoms with Crippen molar-refractivity contribution < 1.29 is 0 Å². The van der Waals surface area contributed by atoms with Gasteiger partial charge in [-0.2, -0.15) is 0 Å². The highest BCUT2D eigenvalue weighted by Gasteiger charge is 2.58. The average molecular weight is 498 g/mol. The van der Waals surface area contributed by atoms with E-state index in [1.165, 1.54) is 97.6 Å². The molecule has 5 fully saturated rings. The number of anilines is 3. The summed E-state index contributed by atoms with van der Waals surface area (Å²) in [6.45, 7) is 0. The standard InChI is InChI=1S/C37H39N/c1-2-7-28(8-3-1)29-13-17-33(18-14-29)38(36-12-6-10-30-9-4-5-11-35(30)36)34-19-15-31(16-20-34)37-24-26-21-27(25-37)23-32(37)22-26/h4-6,9-20,26-28,32H,1-3,7-8,21-25H2. The van der Waals surface area contributed by atoms with Crippen LogP contribution in [-0.2, 0) is 5.41 Å². The highest BCUT2D eigenvalue weighted by molar-refractivity contribution is 5.98. The predicted octanol–water partition coefficient (Wildman–Crippen LogP) is 10.4. The molecule has 192 valence electrons. The van der Waals surface area contributed by atoms with Crippen molar-refractivity contribution in [3.05, 3.63) is 102 Å². The van der Waals surface area contributed by atoms with Gasteiger partial charge in [0, 0.05) is 16.8 Å². The van der Waals surface area contributed by atoms with Gasteiger partial charge in [-0.3, -0.25) is 0 Å². The van der Waals surface area contributed by atoms with Gasteiger partial charge in [-0.25, -0.2) is 0 Å². The maximum absolute atomic E-state index is 2.49. The maximum atomic E-state index is 2.49. The number of hydrogen-bond donors (Lipinski definition) is 0. The summed E-state index contributed by atoms with van der Waals surface area (Å²) in [5.41, 5.74) is 7.39. The monoisotopic (exact) mass is 497 g/mol. The summed E-state index contributed by atoms with van der Waals surface area (Å²) in [6, 6.07) is 34.9. The molecular weight excluding hydrogens is 458 g/mol. The van der Waals surface area contributed by atoms with Crippen LogP contribution in [-0.4, -0.2) is 0 Å². The van der Waals surface area contributed by atoms with Crippen LogP contribution >= 0.6 is 0 Å². The quantitative estimate of drug-likeness (QED) is 0.265. The number of nitrogens with zero attached hydrogens (tertiary/aromatic N) is 1. The first kappa shape index (κ1) is 22.9. The van der Waals surface area contributed by atoms with Crippen LogP contribution < -0.4 is 4.90 Å². The Morgan fingerprint density at radius 1 is 0.605 bits per heavy atom. The van der Waals surface area contributed by atoms with Crippen molar-refractivity contribution in [1.29, 1.82) is 0 Å². The van der Waals surface area contributed by atoms with E-state index < -0.39 is 0 Å². The van der Waals surface area contributed by atoms with E-state index in [-0.39, 0.29) is 0 Å². The third-order valence-electron chi connectivity index (χ3n) is 10.9. The van der Waals surface area contributed by atoms with Crippen molar-refractivity contribution in [2.24, 2.45) is 17.8 Å². The minimum Gasteiger partial charge on any atom is -0.310 e. The summed E-state index contributed by atoms with van der Waals surface area (Å²) < 4.78 is 0. The van der Waals surface area contributed by atoms with E-state index in [1.54, 1.807) is 5.56 Å². The molecule has 4 bridgehead atoms. The topological polar surface area (TPSA) is 3.24 Å². The van der Waals surface area contributed by atoms with E-state index >= 15 is 0 Å². The first-order valence-corrected chi connectivity index (χ1v) is 15.3. The molecule has 0 N–H and O–H groups in total. The number of fused-ring (bicyclic) bond motifs is 1. The fraction of sp³-hybridized carbons (Fsp3) is 0.405. The van der Waals surface area contributed by atoms with Crippen LogP contribution in [0.1, 0.15) is 81.3 Å². The molecule has 5 aliphatic carbocycles. The lowest BCUT2D eigenvalue weighted by Crippen LogP contribution is -2.27. The minimum atomic E-state index is 0.470. The van der Waals surface area contributed by atoms with Crippen LogP contribution in [0.25, 0.3) is 10.8 Å². The molecule has 4 aromatic carbocycles. The van der Waals surface area contributed by atoms with E-state index in [2.05, 4.69) is 95.9 Å². The van der Waals surface area contributed by atoms with Crippen LogP contribution in [0.4, 0.5) is 17.1 Å². The first-order chi connectivity index (χ1) is 18.8. The van der Waals surface area contributed by atoms with Crippen LogP contribution in [0.5, 0.6) is 0 Å². The van der Waals surface area contributed by atoms with Gasteiger partial charge in [-0.1, -0.05) is 79.9 Å². The number of hydrogen-bond acceptors (Lipinski definition) is 1. The maximum Gasteiger partial charge on any atom is 0.0540 e. The summed E-state index contributed by atoms with van der Waals surface area (Å²) >= 11 is 0. The Kier molecular flexibility index (Phi) is 5.42. The largest absolute Gasteiger partial charge is 0.310 e. The average Bonchev–Trinajstić information content (AvgIpc) is 3.38. The van der Waals surface area contributed by atoms with Crippen molar-refractivity contribution in [3.63, 3.8) is 0 Å². The molecule has 0 radical (unpaired) electrons. The van der Waals surface area contributed by atoms with Crippen molar-refractivity contribution in [2.75, 3.05) is 4.90 Å². The van der Waals surface area contributed by atoms with Gasteiger partial charge in [0.2, 0.25) is 0 Å². The summed E-state index contributed by atoms with van der Waals surface area (Å²) in [5, 5.41) is 2.60. The Hall–Kier alpha value is -3.06. The molecule has 0 saturated heterocycles. The summed E-state index contributed by atoms with van der Waals surface area (Å²) in [6.07, 6.45) is 14.2. The van der Waals surface area contributed by atoms with Gasteiger partial charge >= 0.3 is 0 Å². The minimum absolute atomic E-state index is 0.470. The molecule has 38 heavy (non-hydrogen) atoms. The molecule has 0 heterocycles. The predicted molar refractivity (Wildman–Crippen MR) is 160 cm³/mol. The molecule has 0 spiro atoms. The fourth-order valence-corrected chi connectivity index (χ4v) is 9.37. The molecule has 2 atom stereocenters. The molecular formula is C37H39N. The van der Waals surface area contributed by atoms with E-state index in [0.717, 1.165) is 23.7 Å². The molecule has 9 rings (SSSR count). The zero-order chi connectivity index (χ0) is 25.1. The van der Waals surface area contributed by atoms with Gasteiger partial charge in [0.1, 0.15) is 0 Å². The van der Waals surface area contributed by atoms with Crippen molar-refractivity contribution in [3.8, 4) is 0 Å². The molecule has 0 aliphatic heterocycles. The summed E-state index contributed by atoms with van der Waals surface area (Å²) in [5.74, 6) is 3.64. The molecule has 0 amide bonds. The number of benzene rings is 4. The Labute approximate surface area is 227 Å². The second kappa shape index (κ2) is 9.01. The van der Waals surface area contributed by atoms with E-state index in [4.69, 9.17) is 0 Å². The first-order valence-electron chi connectivity index (χ1n) is 15.3.